The number of carbonyl (C=O) groups excluding carboxylic acids is 1. The van der Waals surface area contributed by atoms with E-state index in [2.05, 4.69) is 15.3 Å². The Morgan fingerprint density at radius 3 is 3.00 bits per heavy atom. The summed E-state index contributed by atoms with van der Waals surface area (Å²) in [5.41, 5.74) is 0.721. The van der Waals surface area contributed by atoms with E-state index in [-0.39, 0.29) is 17.6 Å². The van der Waals surface area contributed by atoms with Gasteiger partial charge in [-0.2, -0.15) is 5.10 Å². The molecule has 1 N–H and O–H groups in total. The Morgan fingerprint density at radius 1 is 1.42 bits per heavy atom. The second kappa shape index (κ2) is 7.79. The molecule has 3 rings (SSSR count). The first-order valence-electron chi connectivity index (χ1n) is 8.78. The van der Waals surface area contributed by atoms with E-state index in [1.54, 1.807) is 19.3 Å². The van der Waals surface area contributed by atoms with E-state index in [1.807, 2.05) is 0 Å². The van der Waals surface area contributed by atoms with Crippen LogP contribution in [0.2, 0.25) is 0 Å². The predicted molar refractivity (Wildman–Crippen MR) is 91.0 cm³/mol. The lowest BCUT2D eigenvalue weighted by molar-refractivity contribution is -0.121. The number of carbonyl (C=O) groups is 1. The predicted octanol–water partition coefficient (Wildman–Crippen LogP) is 0.682. The molecule has 1 aromatic heterocycles. The molecule has 0 aromatic carbocycles. The van der Waals surface area contributed by atoms with Crippen molar-refractivity contribution in [3.05, 3.63) is 22.6 Å². The van der Waals surface area contributed by atoms with Crippen LogP contribution in [0.15, 0.2) is 17.1 Å². The molecule has 7 heteroatoms. The minimum Gasteiger partial charge on any atom is -0.374 e. The molecule has 1 aliphatic heterocycles. The van der Waals surface area contributed by atoms with Gasteiger partial charge in [0.2, 0.25) is 5.91 Å². The fraction of sp³-hybridized carbons (Fsp3) is 0.706. The van der Waals surface area contributed by atoms with E-state index in [9.17, 15) is 9.59 Å². The highest BCUT2D eigenvalue weighted by Crippen LogP contribution is 2.33. The molecular formula is C17H26N4O3. The van der Waals surface area contributed by atoms with Crippen molar-refractivity contribution >= 4 is 11.6 Å². The van der Waals surface area contributed by atoms with Crippen molar-refractivity contribution in [3.63, 3.8) is 0 Å². The van der Waals surface area contributed by atoms with E-state index in [0.717, 1.165) is 31.0 Å². The Kier molecular flexibility index (Phi) is 5.50. The molecule has 1 saturated heterocycles. The van der Waals surface area contributed by atoms with Gasteiger partial charge in [0.1, 0.15) is 0 Å². The molecule has 132 valence electrons. The molecule has 1 aromatic rings. The van der Waals surface area contributed by atoms with Gasteiger partial charge in [0.05, 0.1) is 24.6 Å². The number of ether oxygens (including phenoxy) is 1. The Bertz CT molecular complexity index is 627. The summed E-state index contributed by atoms with van der Waals surface area (Å²) in [4.78, 5) is 25.6. The van der Waals surface area contributed by atoms with Crippen LogP contribution in [0.3, 0.4) is 0 Å². The molecule has 1 aliphatic carbocycles. The van der Waals surface area contributed by atoms with Crippen molar-refractivity contribution in [2.75, 3.05) is 31.1 Å². The summed E-state index contributed by atoms with van der Waals surface area (Å²) in [6.07, 6.45) is 6.79. The zero-order valence-corrected chi connectivity index (χ0v) is 14.2. The first-order valence-corrected chi connectivity index (χ1v) is 8.78. The van der Waals surface area contributed by atoms with Gasteiger partial charge in [-0.25, -0.2) is 4.68 Å². The van der Waals surface area contributed by atoms with Gasteiger partial charge in [0, 0.05) is 39.2 Å². The van der Waals surface area contributed by atoms with Crippen molar-refractivity contribution in [3.8, 4) is 0 Å². The zero-order valence-electron chi connectivity index (χ0n) is 14.2. The van der Waals surface area contributed by atoms with E-state index >= 15 is 0 Å². The van der Waals surface area contributed by atoms with Crippen LogP contribution in [-0.2, 0) is 16.6 Å². The molecule has 1 amide bonds. The number of hydrogen-bond acceptors (Lipinski definition) is 5. The van der Waals surface area contributed by atoms with E-state index < -0.39 is 0 Å². The highest BCUT2D eigenvalue weighted by atomic mass is 16.5. The van der Waals surface area contributed by atoms with E-state index in [1.165, 1.54) is 17.5 Å². The Balaban J connectivity index is 1.42. The van der Waals surface area contributed by atoms with Gasteiger partial charge in [-0.05, 0) is 18.8 Å². The molecule has 0 unspecified atom stereocenters. The van der Waals surface area contributed by atoms with Gasteiger partial charge >= 0.3 is 0 Å². The lowest BCUT2D eigenvalue weighted by atomic mass is 10.2. The first-order chi connectivity index (χ1) is 11.6. The number of amides is 1. The SMILES string of the molecule is Cn1ncc(N2CCO[C@@H](CCNC(=O)CCC3CC3)C2)cc1=O. The van der Waals surface area contributed by atoms with Gasteiger partial charge in [-0.15, -0.1) is 0 Å². The number of morpholine rings is 1. The fourth-order valence-corrected chi connectivity index (χ4v) is 2.96. The summed E-state index contributed by atoms with van der Waals surface area (Å²) in [5.74, 6) is 0.934. The number of aromatic nitrogens is 2. The minimum atomic E-state index is -0.113. The Labute approximate surface area is 142 Å². The van der Waals surface area contributed by atoms with E-state index in [0.29, 0.717) is 26.1 Å². The van der Waals surface area contributed by atoms with Crippen molar-refractivity contribution in [1.82, 2.24) is 15.1 Å². The van der Waals surface area contributed by atoms with Crippen LogP contribution in [-0.4, -0.2) is 48.0 Å². The van der Waals surface area contributed by atoms with Crippen LogP contribution in [0.1, 0.15) is 32.1 Å². The topological polar surface area (TPSA) is 76.5 Å². The maximum absolute atomic E-state index is 11.8. The number of aryl methyl sites for hydroxylation is 1. The summed E-state index contributed by atoms with van der Waals surface area (Å²) in [7, 11) is 1.64. The van der Waals surface area contributed by atoms with Crippen LogP contribution in [0.5, 0.6) is 0 Å². The highest BCUT2D eigenvalue weighted by molar-refractivity contribution is 5.75. The van der Waals surface area contributed by atoms with Crippen molar-refractivity contribution in [1.29, 1.82) is 0 Å². The molecule has 2 fully saturated rings. The summed E-state index contributed by atoms with van der Waals surface area (Å²) >= 11 is 0. The molecule has 24 heavy (non-hydrogen) atoms. The van der Waals surface area contributed by atoms with Crippen LogP contribution in [0.25, 0.3) is 0 Å². The molecule has 0 radical (unpaired) electrons. The maximum Gasteiger partial charge on any atom is 0.268 e. The molecular weight excluding hydrogens is 308 g/mol. The molecule has 2 aliphatic rings. The summed E-state index contributed by atoms with van der Waals surface area (Å²) in [6, 6.07) is 1.61. The van der Waals surface area contributed by atoms with Gasteiger partial charge in [0.25, 0.3) is 5.56 Å². The van der Waals surface area contributed by atoms with Crippen molar-refractivity contribution in [2.24, 2.45) is 13.0 Å². The van der Waals surface area contributed by atoms with Crippen molar-refractivity contribution in [2.45, 2.75) is 38.2 Å². The van der Waals surface area contributed by atoms with Crippen molar-refractivity contribution < 1.29 is 9.53 Å². The fourth-order valence-electron chi connectivity index (χ4n) is 2.96. The smallest absolute Gasteiger partial charge is 0.268 e. The normalized spacial score (nSPS) is 20.9. The average molecular weight is 334 g/mol. The third-order valence-electron chi connectivity index (χ3n) is 4.72. The summed E-state index contributed by atoms with van der Waals surface area (Å²) in [5, 5.41) is 7.05. The van der Waals surface area contributed by atoms with Gasteiger partial charge in [-0.1, -0.05) is 12.8 Å². The molecule has 1 atom stereocenters. The molecule has 1 saturated carbocycles. The van der Waals surface area contributed by atoms with Gasteiger partial charge in [0.15, 0.2) is 0 Å². The van der Waals surface area contributed by atoms with Crippen LogP contribution in [0, 0.1) is 5.92 Å². The monoisotopic (exact) mass is 334 g/mol. The van der Waals surface area contributed by atoms with Gasteiger partial charge in [-0.3, -0.25) is 9.59 Å². The molecule has 7 nitrogen and oxygen atoms in total. The molecule has 0 bridgehead atoms. The van der Waals surface area contributed by atoms with E-state index in [4.69, 9.17) is 4.74 Å². The van der Waals surface area contributed by atoms with Crippen LogP contribution >= 0.6 is 0 Å². The summed E-state index contributed by atoms with van der Waals surface area (Å²) in [6.45, 7) is 2.72. The standard InChI is InChI=1S/C17H26N4O3/c1-20-17(23)10-14(11-19-20)21-8-9-24-15(12-21)6-7-18-16(22)5-4-13-2-3-13/h10-11,13,15H,2-9,12H2,1H3,(H,18,22)/t15-/m0/s1. The third-order valence-corrected chi connectivity index (χ3v) is 4.72. The van der Waals surface area contributed by atoms with Gasteiger partial charge < -0.3 is 15.0 Å². The third kappa shape index (κ3) is 4.80. The number of nitrogens with zero attached hydrogens (tertiary/aromatic N) is 3. The van der Waals surface area contributed by atoms with Crippen LogP contribution < -0.4 is 15.8 Å². The minimum absolute atomic E-state index is 0.0616. The largest absolute Gasteiger partial charge is 0.374 e. The lowest BCUT2D eigenvalue weighted by Gasteiger charge is -2.34. The molecule has 2 heterocycles. The molecule has 0 spiro atoms. The zero-order chi connectivity index (χ0) is 16.9. The Hall–Kier alpha value is -1.89. The number of hydrogen-bond donors (Lipinski definition) is 1. The number of rotatable bonds is 7. The Morgan fingerprint density at radius 2 is 2.25 bits per heavy atom. The first kappa shape index (κ1) is 17.0. The number of nitrogens with one attached hydrogen (secondary N) is 1. The maximum atomic E-state index is 11.8. The van der Waals surface area contributed by atoms with Crippen LogP contribution in [0.4, 0.5) is 5.69 Å². The average Bonchev–Trinajstić information content (AvgIpc) is 3.40. The summed E-state index contributed by atoms with van der Waals surface area (Å²) < 4.78 is 7.10. The number of anilines is 1. The lowest BCUT2D eigenvalue weighted by Crippen LogP contribution is -2.44. The second-order valence-electron chi connectivity index (χ2n) is 6.74. The quantitative estimate of drug-likeness (QED) is 0.794. The highest BCUT2D eigenvalue weighted by Gasteiger charge is 2.23. The second-order valence-corrected chi connectivity index (χ2v) is 6.74.